The highest BCUT2D eigenvalue weighted by Gasteiger charge is 2.22. The van der Waals surface area contributed by atoms with Gasteiger partial charge < -0.3 is 4.42 Å². The van der Waals surface area contributed by atoms with Gasteiger partial charge in [-0.1, -0.05) is 115 Å². The number of furan rings is 1. The van der Waals surface area contributed by atoms with Gasteiger partial charge in [-0.2, -0.15) is 0 Å². The Morgan fingerprint density at radius 3 is 1.87 bits per heavy atom. The molecule has 0 bridgehead atoms. The second kappa shape index (κ2) is 10.0. The molecule has 0 unspecified atom stereocenters. The van der Waals surface area contributed by atoms with Gasteiger partial charge in [0.25, 0.3) is 0 Å². The summed E-state index contributed by atoms with van der Waals surface area (Å²) in [5, 5.41) is 4.49. The molecule has 218 valence electrons. The van der Waals surface area contributed by atoms with Crippen LogP contribution in [0.1, 0.15) is 0 Å². The maximum Gasteiger partial charge on any atom is 0.164 e. The third kappa shape index (κ3) is 4.03. The summed E-state index contributed by atoms with van der Waals surface area (Å²) in [6.45, 7) is 0. The molecule has 0 aliphatic heterocycles. The first-order valence-corrected chi connectivity index (χ1v) is 15.6. The van der Waals surface area contributed by atoms with Crippen LogP contribution in [0.25, 0.3) is 100 Å². The van der Waals surface area contributed by atoms with Crippen molar-refractivity contribution in [3.8, 4) is 67.5 Å². The van der Waals surface area contributed by atoms with Gasteiger partial charge in [0.2, 0.25) is 0 Å². The Bertz CT molecular complexity index is 2670. The van der Waals surface area contributed by atoms with E-state index < -0.39 is 0 Å². The van der Waals surface area contributed by atoms with Gasteiger partial charge in [-0.15, -0.1) is 0 Å². The van der Waals surface area contributed by atoms with Gasteiger partial charge in [-0.05, 0) is 62.4 Å². The molecule has 5 nitrogen and oxygen atoms in total. The summed E-state index contributed by atoms with van der Waals surface area (Å²) in [5.41, 5.74) is 11.8. The first-order valence-electron chi connectivity index (χ1n) is 15.6. The zero-order chi connectivity index (χ0) is 30.9. The second-order valence-electron chi connectivity index (χ2n) is 11.9. The summed E-state index contributed by atoms with van der Waals surface area (Å²) in [6.07, 6.45) is 3.58. The van der Waals surface area contributed by atoms with Crippen molar-refractivity contribution in [2.75, 3.05) is 0 Å². The average molecular weight is 601 g/mol. The van der Waals surface area contributed by atoms with Crippen LogP contribution in [0.3, 0.4) is 0 Å². The predicted molar refractivity (Wildman–Crippen MR) is 189 cm³/mol. The maximum absolute atomic E-state index is 6.15. The van der Waals surface area contributed by atoms with Crippen molar-refractivity contribution in [1.29, 1.82) is 0 Å². The van der Waals surface area contributed by atoms with E-state index in [9.17, 15) is 0 Å². The lowest BCUT2D eigenvalue weighted by molar-refractivity contribution is 0.668. The molecular weight excluding hydrogens is 576 g/mol. The molecule has 1 aliphatic carbocycles. The molecule has 0 fully saturated rings. The molecule has 10 rings (SSSR count). The van der Waals surface area contributed by atoms with Gasteiger partial charge in [-0.25, -0.2) is 15.0 Å². The Kier molecular flexibility index (Phi) is 5.51. The molecule has 3 heterocycles. The van der Waals surface area contributed by atoms with Crippen LogP contribution in [0.15, 0.2) is 150 Å². The number of fused-ring (bicyclic) bond motifs is 6. The molecule has 0 saturated carbocycles. The molecule has 9 aromatic rings. The zero-order valence-corrected chi connectivity index (χ0v) is 25.1. The fourth-order valence-electron chi connectivity index (χ4n) is 6.98. The number of hydrogen-bond donors (Lipinski definition) is 0. The Labute approximate surface area is 269 Å². The van der Waals surface area contributed by atoms with Gasteiger partial charge in [0.05, 0.1) is 0 Å². The van der Waals surface area contributed by atoms with Crippen LogP contribution >= 0.6 is 0 Å². The lowest BCUT2D eigenvalue weighted by atomic mass is 9.97. The van der Waals surface area contributed by atoms with E-state index in [1.54, 1.807) is 6.20 Å². The molecule has 0 spiro atoms. The molecule has 0 radical (unpaired) electrons. The van der Waals surface area contributed by atoms with Crippen molar-refractivity contribution in [3.05, 3.63) is 146 Å². The Hall–Kier alpha value is -6.46. The first-order chi connectivity index (χ1) is 23.3. The van der Waals surface area contributed by atoms with E-state index in [0.717, 1.165) is 44.2 Å². The maximum atomic E-state index is 6.15. The van der Waals surface area contributed by atoms with Crippen molar-refractivity contribution in [1.82, 2.24) is 19.9 Å². The summed E-state index contributed by atoms with van der Waals surface area (Å²) in [4.78, 5) is 19.4. The van der Waals surface area contributed by atoms with Crippen molar-refractivity contribution in [3.63, 3.8) is 0 Å². The molecule has 1 aliphatic rings. The third-order valence-electron chi connectivity index (χ3n) is 9.19. The van der Waals surface area contributed by atoms with E-state index in [2.05, 4.69) is 83.8 Å². The number of hydrogen-bond acceptors (Lipinski definition) is 5. The van der Waals surface area contributed by atoms with Crippen LogP contribution < -0.4 is 0 Å². The quantitative estimate of drug-likeness (QED) is 0.201. The monoisotopic (exact) mass is 600 g/mol. The molecule has 47 heavy (non-hydrogen) atoms. The SMILES string of the molecule is c1ccc(-c2nc(-c3ccc(-c4ccc5c(c4)-c4cccc6cccc-5c46)cc3)nc(-c3cccc4oc5ccncc5c34)n2)cc1. The smallest absolute Gasteiger partial charge is 0.164 e. The minimum Gasteiger partial charge on any atom is -0.456 e. The molecule has 0 N–H and O–H groups in total. The lowest BCUT2D eigenvalue weighted by Gasteiger charge is -2.10. The molecular formula is C42H24N4O. The van der Waals surface area contributed by atoms with E-state index in [4.69, 9.17) is 19.4 Å². The van der Waals surface area contributed by atoms with Crippen LogP contribution in [0.5, 0.6) is 0 Å². The molecule has 0 amide bonds. The highest BCUT2D eigenvalue weighted by molar-refractivity contribution is 6.15. The molecule has 5 heteroatoms. The Balaban J connectivity index is 1.09. The number of rotatable bonds is 4. The normalized spacial score (nSPS) is 11.8. The fourth-order valence-corrected chi connectivity index (χ4v) is 6.98. The summed E-state index contributed by atoms with van der Waals surface area (Å²) in [7, 11) is 0. The second-order valence-corrected chi connectivity index (χ2v) is 11.9. The summed E-state index contributed by atoms with van der Waals surface area (Å²) in [6, 6.07) is 46.4. The molecule has 0 atom stereocenters. The summed E-state index contributed by atoms with van der Waals surface area (Å²) >= 11 is 0. The van der Waals surface area contributed by atoms with Crippen LogP contribution in [0.2, 0.25) is 0 Å². The van der Waals surface area contributed by atoms with Crippen molar-refractivity contribution in [2.24, 2.45) is 0 Å². The number of benzene rings is 6. The highest BCUT2D eigenvalue weighted by atomic mass is 16.3. The van der Waals surface area contributed by atoms with E-state index in [-0.39, 0.29) is 0 Å². The topological polar surface area (TPSA) is 64.7 Å². The standard InChI is InChI=1S/C42H24N4O/c1-2-7-27(8-3-1)40-44-41(46-42(45-40)33-13-6-14-37-39(33)35-24-43-22-21-36(35)47-37)28-17-15-25(16-18-28)29-19-20-30-31-11-4-9-26-10-5-12-32(38(26)31)34(30)23-29/h1-24H. The van der Waals surface area contributed by atoms with Crippen molar-refractivity contribution >= 4 is 32.7 Å². The minimum atomic E-state index is 0.586. The minimum absolute atomic E-state index is 0.586. The Morgan fingerprint density at radius 1 is 0.404 bits per heavy atom. The van der Waals surface area contributed by atoms with Gasteiger partial charge in [-0.3, -0.25) is 4.98 Å². The Morgan fingerprint density at radius 2 is 1.06 bits per heavy atom. The van der Waals surface area contributed by atoms with E-state index in [0.29, 0.717) is 17.5 Å². The molecule has 6 aromatic carbocycles. The van der Waals surface area contributed by atoms with Gasteiger partial charge in [0.1, 0.15) is 11.2 Å². The van der Waals surface area contributed by atoms with E-state index >= 15 is 0 Å². The molecule has 3 aromatic heterocycles. The van der Waals surface area contributed by atoms with Gasteiger partial charge >= 0.3 is 0 Å². The molecule has 0 saturated heterocycles. The number of pyridine rings is 1. The lowest BCUT2D eigenvalue weighted by Crippen LogP contribution is -2.00. The number of aromatic nitrogens is 4. The van der Waals surface area contributed by atoms with Crippen LogP contribution in [-0.2, 0) is 0 Å². The first kappa shape index (κ1) is 25.8. The zero-order valence-electron chi connectivity index (χ0n) is 25.1. The number of nitrogens with zero attached hydrogens (tertiary/aromatic N) is 4. The van der Waals surface area contributed by atoms with Crippen LogP contribution in [0.4, 0.5) is 0 Å². The predicted octanol–water partition coefficient (Wildman–Crippen LogP) is 10.6. The van der Waals surface area contributed by atoms with Gasteiger partial charge in [0, 0.05) is 39.9 Å². The summed E-state index contributed by atoms with van der Waals surface area (Å²) in [5.74, 6) is 1.81. The third-order valence-corrected chi connectivity index (χ3v) is 9.19. The van der Waals surface area contributed by atoms with Crippen LogP contribution in [0, 0.1) is 0 Å². The average Bonchev–Trinajstić information content (AvgIpc) is 3.69. The van der Waals surface area contributed by atoms with Gasteiger partial charge in [0.15, 0.2) is 17.5 Å². The van der Waals surface area contributed by atoms with E-state index in [1.807, 2.05) is 60.8 Å². The highest BCUT2D eigenvalue weighted by Crippen LogP contribution is 2.48. The largest absolute Gasteiger partial charge is 0.456 e. The fraction of sp³-hybridized carbons (Fsp3) is 0. The van der Waals surface area contributed by atoms with Crippen LogP contribution in [-0.4, -0.2) is 19.9 Å². The summed E-state index contributed by atoms with van der Waals surface area (Å²) < 4.78 is 6.15. The van der Waals surface area contributed by atoms with E-state index in [1.165, 1.54) is 38.6 Å². The van der Waals surface area contributed by atoms with Crippen molar-refractivity contribution < 1.29 is 4.42 Å². The van der Waals surface area contributed by atoms with Crippen molar-refractivity contribution in [2.45, 2.75) is 0 Å².